The summed E-state index contributed by atoms with van der Waals surface area (Å²) in [6, 6.07) is 0. The zero-order valence-electron chi connectivity index (χ0n) is 20.0. The quantitative estimate of drug-likeness (QED) is 0.332. The average molecular weight is 536 g/mol. The SMILES string of the molecule is CCCOCC(C)(C)O.CCCOCC(C)(C)O.CCCOCC(C)(C)O.[La]. The summed E-state index contributed by atoms with van der Waals surface area (Å²) >= 11 is 0. The van der Waals surface area contributed by atoms with Crippen LogP contribution in [0.1, 0.15) is 81.6 Å². The third kappa shape index (κ3) is 50.5. The number of ether oxygens (including phenoxy) is 3. The van der Waals surface area contributed by atoms with Crippen molar-refractivity contribution >= 4 is 0 Å². The maximum atomic E-state index is 9.12. The second kappa shape index (κ2) is 21.2. The fourth-order valence-electron chi connectivity index (χ4n) is 1.40. The van der Waals surface area contributed by atoms with Crippen molar-refractivity contribution in [2.75, 3.05) is 39.6 Å². The van der Waals surface area contributed by atoms with Gasteiger partial charge in [-0.15, -0.1) is 0 Å². The van der Waals surface area contributed by atoms with Crippen LogP contribution in [0.3, 0.4) is 0 Å². The second-order valence-electron chi connectivity index (χ2n) is 8.60. The third-order valence-corrected chi connectivity index (χ3v) is 2.41. The summed E-state index contributed by atoms with van der Waals surface area (Å²) in [5.41, 5.74) is -2.01. The molecule has 0 aliphatic heterocycles. The Morgan fingerprint density at radius 2 is 0.679 bits per heavy atom. The van der Waals surface area contributed by atoms with Crippen LogP contribution in [0.5, 0.6) is 0 Å². The first-order chi connectivity index (χ1) is 12.2. The molecule has 0 aromatic rings. The van der Waals surface area contributed by atoms with E-state index in [-0.39, 0.29) is 35.6 Å². The average Bonchev–Trinajstić information content (AvgIpc) is 2.46. The molecule has 171 valence electrons. The Hall–Kier alpha value is 0.955. The van der Waals surface area contributed by atoms with Gasteiger partial charge in [-0.3, -0.25) is 0 Å². The standard InChI is InChI=1S/3C7H16O2.La/c3*1-4-5-9-6-7(2,3)8;/h3*8H,4-6H2,1-3H3;. The van der Waals surface area contributed by atoms with Gasteiger partial charge in [-0.2, -0.15) is 0 Å². The summed E-state index contributed by atoms with van der Waals surface area (Å²) in [6.07, 6.45) is 3.03. The smallest absolute Gasteiger partial charge is 0.0824 e. The van der Waals surface area contributed by atoms with Crippen molar-refractivity contribution in [3.63, 3.8) is 0 Å². The molecule has 28 heavy (non-hydrogen) atoms. The van der Waals surface area contributed by atoms with E-state index < -0.39 is 16.8 Å². The van der Waals surface area contributed by atoms with Gasteiger partial charge in [-0.25, -0.2) is 0 Å². The third-order valence-electron chi connectivity index (χ3n) is 2.41. The van der Waals surface area contributed by atoms with E-state index >= 15 is 0 Å². The van der Waals surface area contributed by atoms with E-state index in [1.807, 2.05) is 20.8 Å². The topological polar surface area (TPSA) is 88.4 Å². The van der Waals surface area contributed by atoms with Gasteiger partial charge in [-0.1, -0.05) is 20.8 Å². The Balaban J connectivity index is -0.000000152. The zero-order valence-corrected chi connectivity index (χ0v) is 23.6. The van der Waals surface area contributed by atoms with Gasteiger partial charge in [0.2, 0.25) is 0 Å². The number of aliphatic hydroxyl groups is 3. The van der Waals surface area contributed by atoms with Crippen molar-refractivity contribution in [3.8, 4) is 0 Å². The molecule has 0 amide bonds. The molecular formula is C21H48LaO6. The largest absolute Gasteiger partial charge is 0.388 e. The molecule has 0 bridgehead atoms. The van der Waals surface area contributed by atoms with Crippen molar-refractivity contribution in [2.45, 2.75) is 98.4 Å². The van der Waals surface area contributed by atoms with Crippen LogP contribution in [0.25, 0.3) is 0 Å². The predicted molar refractivity (Wildman–Crippen MR) is 112 cm³/mol. The minimum absolute atomic E-state index is 0. The van der Waals surface area contributed by atoms with Crippen LogP contribution in [0, 0.1) is 35.6 Å². The van der Waals surface area contributed by atoms with Crippen LogP contribution in [-0.4, -0.2) is 71.8 Å². The van der Waals surface area contributed by atoms with Crippen LogP contribution in [0.4, 0.5) is 0 Å². The van der Waals surface area contributed by atoms with Gasteiger partial charge >= 0.3 is 0 Å². The van der Waals surface area contributed by atoms with Gasteiger partial charge < -0.3 is 29.5 Å². The minimum atomic E-state index is -0.671. The fraction of sp³-hybridized carbons (Fsp3) is 1.00. The molecule has 0 spiro atoms. The molecule has 0 saturated heterocycles. The first-order valence-corrected chi connectivity index (χ1v) is 10.1. The van der Waals surface area contributed by atoms with Gasteiger partial charge in [0.25, 0.3) is 0 Å². The first-order valence-electron chi connectivity index (χ1n) is 10.1. The molecule has 7 heteroatoms. The molecule has 0 aromatic carbocycles. The molecule has 0 aliphatic carbocycles. The van der Waals surface area contributed by atoms with Gasteiger partial charge in [0.15, 0.2) is 0 Å². The maximum Gasteiger partial charge on any atom is 0.0824 e. The normalized spacial score (nSPS) is 11.6. The Kier molecular flexibility index (Phi) is 27.5. The molecule has 0 fully saturated rings. The molecule has 0 aliphatic rings. The predicted octanol–water partition coefficient (Wildman–Crippen LogP) is 3.55. The van der Waals surface area contributed by atoms with Crippen molar-refractivity contribution in [2.24, 2.45) is 0 Å². The van der Waals surface area contributed by atoms with E-state index in [1.54, 1.807) is 41.5 Å². The van der Waals surface area contributed by atoms with E-state index in [0.717, 1.165) is 39.1 Å². The molecule has 0 atom stereocenters. The Morgan fingerprint density at radius 1 is 0.500 bits per heavy atom. The minimum Gasteiger partial charge on any atom is -0.388 e. The zero-order chi connectivity index (χ0) is 22.0. The van der Waals surface area contributed by atoms with Crippen molar-refractivity contribution in [1.29, 1.82) is 0 Å². The summed E-state index contributed by atoms with van der Waals surface area (Å²) in [6.45, 7) is 20.1. The number of rotatable bonds is 12. The maximum absolute atomic E-state index is 9.12. The number of hydrogen-bond acceptors (Lipinski definition) is 6. The summed E-state index contributed by atoms with van der Waals surface area (Å²) in [4.78, 5) is 0. The molecule has 0 heterocycles. The van der Waals surface area contributed by atoms with E-state index in [9.17, 15) is 0 Å². The number of hydrogen-bond donors (Lipinski definition) is 3. The first kappa shape index (κ1) is 36.3. The van der Waals surface area contributed by atoms with Crippen LogP contribution < -0.4 is 0 Å². The van der Waals surface area contributed by atoms with Crippen LogP contribution in [0.2, 0.25) is 0 Å². The van der Waals surface area contributed by atoms with E-state index in [0.29, 0.717) is 19.8 Å². The summed E-state index contributed by atoms with van der Waals surface area (Å²) in [7, 11) is 0. The molecule has 0 saturated carbocycles. The van der Waals surface area contributed by atoms with Gasteiger partial charge in [0, 0.05) is 55.4 Å². The van der Waals surface area contributed by atoms with Crippen molar-refractivity contribution < 1.29 is 65.1 Å². The molecule has 6 nitrogen and oxygen atoms in total. The fourth-order valence-corrected chi connectivity index (χ4v) is 1.40. The molecule has 0 aromatic heterocycles. The molecule has 3 N–H and O–H groups in total. The van der Waals surface area contributed by atoms with Crippen molar-refractivity contribution in [1.82, 2.24) is 0 Å². The Bertz CT molecular complexity index is 245. The van der Waals surface area contributed by atoms with Crippen molar-refractivity contribution in [3.05, 3.63) is 0 Å². The van der Waals surface area contributed by atoms with Crippen LogP contribution in [0.15, 0.2) is 0 Å². The molecule has 1 radical (unpaired) electrons. The summed E-state index contributed by atoms with van der Waals surface area (Å²) < 4.78 is 15.3. The Morgan fingerprint density at radius 3 is 0.786 bits per heavy atom. The van der Waals surface area contributed by atoms with Gasteiger partial charge in [-0.05, 0) is 60.8 Å². The van der Waals surface area contributed by atoms with Gasteiger partial charge in [0.05, 0.1) is 36.6 Å². The van der Waals surface area contributed by atoms with Gasteiger partial charge in [0.1, 0.15) is 0 Å². The van der Waals surface area contributed by atoms with E-state index in [4.69, 9.17) is 29.5 Å². The molecule has 0 unspecified atom stereocenters. The van der Waals surface area contributed by atoms with E-state index in [1.165, 1.54) is 0 Å². The Labute approximate surface area is 202 Å². The summed E-state index contributed by atoms with van der Waals surface area (Å²) in [5, 5.41) is 27.4. The van der Waals surface area contributed by atoms with E-state index in [2.05, 4.69) is 0 Å². The monoisotopic (exact) mass is 535 g/mol. The second-order valence-corrected chi connectivity index (χ2v) is 8.60. The molecule has 0 rings (SSSR count). The van der Waals surface area contributed by atoms with Crippen LogP contribution in [-0.2, 0) is 14.2 Å². The summed E-state index contributed by atoms with van der Waals surface area (Å²) in [5.74, 6) is 0. The van der Waals surface area contributed by atoms with Crippen LogP contribution >= 0.6 is 0 Å². The molecular weight excluding hydrogens is 487 g/mol.